The van der Waals surface area contributed by atoms with E-state index in [1.165, 1.54) is 77.2 Å². The minimum absolute atomic E-state index is 0.494. The van der Waals surface area contributed by atoms with Gasteiger partial charge in [-0.3, -0.25) is 0 Å². The molecule has 1 saturated heterocycles. The summed E-state index contributed by atoms with van der Waals surface area (Å²) in [4.78, 5) is 0. The van der Waals surface area contributed by atoms with Crippen molar-refractivity contribution in [1.29, 1.82) is 0 Å². The molecule has 1 aliphatic heterocycles. The van der Waals surface area contributed by atoms with Crippen molar-refractivity contribution in [2.75, 3.05) is 13.2 Å². The van der Waals surface area contributed by atoms with Crippen molar-refractivity contribution in [3.8, 4) is 0 Å². The third-order valence-corrected chi connectivity index (χ3v) is 6.45. The Bertz CT molecular complexity index is 328. The zero-order chi connectivity index (χ0) is 13.4. The zero-order valence-electron chi connectivity index (χ0n) is 12.9. The van der Waals surface area contributed by atoms with E-state index in [-0.39, 0.29) is 0 Å². The van der Waals surface area contributed by atoms with Crippen LogP contribution in [-0.4, -0.2) is 25.3 Å². The lowest BCUT2D eigenvalue weighted by Crippen LogP contribution is -2.47. The lowest BCUT2D eigenvalue weighted by molar-refractivity contribution is -0.00550. The first-order chi connectivity index (χ1) is 9.88. The summed E-state index contributed by atoms with van der Waals surface area (Å²) in [6, 6.07) is 0.845. The summed E-state index contributed by atoms with van der Waals surface area (Å²) < 4.78 is 6.30. The topological polar surface area (TPSA) is 21.3 Å². The Hall–Kier alpha value is -0.0800. The zero-order valence-corrected chi connectivity index (χ0v) is 12.9. The molecule has 3 aliphatic carbocycles. The van der Waals surface area contributed by atoms with Gasteiger partial charge in [0.25, 0.3) is 0 Å². The van der Waals surface area contributed by atoms with Crippen LogP contribution in [0.2, 0.25) is 0 Å². The molecular weight excluding hydrogens is 246 g/mol. The van der Waals surface area contributed by atoms with Gasteiger partial charge in [-0.05, 0) is 56.8 Å². The van der Waals surface area contributed by atoms with Crippen molar-refractivity contribution < 1.29 is 4.74 Å². The fourth-order valence-electron chi connectivity index (χ4n) is 4.93. The Morgan fingerprint density at radius 1 is 0.900 bits per heavy atom. The van der Waals surface area contributed by atoms with Gasteiger partial charge in [-0.2, -0.15) is 0 Å². The highest BCUT2D eigenvalue weighted by atomic mass is 16.5. The average Bonchev–Trinajstić information content (AvgIpc) is 3.36. The van der Waals surface area contributed by atoms with Gasteiger partial charge in [0.05, 0.1) is 6.10 Å². The first-order valence-electron chi connectivity index (χ1n) is 9.23. The summed E-state index contributed by atoms with van der Waals surface area (Å²) in [5, 5.41) is 3.89. The van der Waals surface area contributed by atoms with Crippen LogP contribution in [0, 0.1) is 17.3 Å². The molecule has 0 aromatic rings. The van der Waals surface area contributed by atoms with Crippen molar-refractivity contribution in [2.45, 2.75) is 82.8 Å². The van der Waals surface area contributed by atoms with E-state index in [0.717, 1.165) is 24.5 Å². The van der Waals surface area contributed by atoms with Crippen LogP contribution in [0.4, 0.5) is 0 Å². The normalized spacial score (nSPS) is 39.9. The summed E-state index contributed by atoms with van der Waals surface area (Å²) >= 11 is 0. The maximum Gasteiger partial charge on any atom is 0.0675 e. The highest BCUT2D eigenvalue weighted by Gasteiger charge is 2.54. The third kappa shape index (κ3) is 2.66. The number of ether oxygens (including phenoxy) is 1. The van der Waals surface area contributed by atoms with Crippen LogP contribution in [0.15, 0.2) is 0 Å². The SMILES string of the molecule is C1CCCC(C2(CNC3CC3)CCOC2C2CC2)CC1. The molecule has 0 aromatic carbocycles. The monoisotopic (exact) mass is 277 g/mol. The van der Waals surface area contributed by atoms with Crippen molar-refractivity contribution >= 4 is 0 Å². The van der Waals surface area contributed by atoms with Gasteiger partial charge in [-0.25, -0.2) is 0 Å². The van der Waals surface area contributed by atoms with Gasteiger partial charge in [0.1, 0.15) is 0 Å². The van der Waals surface area contributed by atoms with Gasteiger partial charge in [0, 0.05) is 24.6 Å². The third-order valence-electron chi connectivity index (χ3n) is 6.45. The number of hydrogen-bond acceptors (Lipinski definition) is 2. The predicted octanol–water partition coefficient (Wildman–Crippen LogP) is 3.89. The van der Waals surface area contributed by atoms with E-state index >= 15 is 0 Å². The van der Waals surface area contributed by atoms with Crippen molar-refractivity contribution in [3.63, 3.8) is 0 Å². The molecule has 20 heavy (non-hydrogen) atoms. The summed E-state index contributed by atoms with van der Waals surface area (Å²) in [6.45, 7) is 2.29. The van der Waals surface area contributed by atoms with Crippen molar-refractivity contribution in [2.24, 2.45) is 17.3 Å². The molecular formula is C18H31NO. The molecule has 4 aliphatic rings. The fraction of sp³-hybridized carbons (Fsp3) is 1.00. The Morgan fingerprint density at radius 3 is 2.30 bits per heavy atom. The molecule has 0 bridgehead atoms. The molecule has 0 radical (unpaired) electrons. The van der Waals surface area contributed by atoms with Crippen LogP contribution in [0.5, 0.6) is 0 Å². The molecule has 0 aromatic heterocycles. The standard InChI is InChI=1S/C18H31NO/c1-2-4-6-15(5-3-1)18(13-19-16-9-10-16)11-12-20-17(18)14-7-8-14/h14-17,19H,1-13H2. The Balaban J connectivity index is 1.53. The smallest absolute Gasteiger partial charge is 0.0675 e. The predicted molar refractivity (Wildman–Crippen MR) is 81.7 cm³/mol. The first-order valence-corrected chi connectivity index (χ1v) is 9.23. The van der Waals surface area contributed by atoms with E-state index in [4.69, 9.17) is 4.74 Å². The lowest BCUT2D eigenvalue weighted by atomic mass is 9.66. The van der Waals surface area contributed by atoms with E-state index in [1.807, 2.05) is 0 Å². The van der Waals surface area contributed by atoms with E-state index in [0.29, 0.717) is 11.5 Å². The summed E-state index contributed by atoms with van der Waals surface area (Å²) in [5.74, 6) is 1.84. The van der Waals surface area contributed by atoms with Crippen LogP contribution in [0.3, 0.4) is 0 Å². The Kier molecular flexibility index (Phi) is 3.80. The minimum Gasteiger partial charge on any atom is -0.377 e. The van der Waals surface area contributed by atoms with Crippen molar-refractivity contribution in [1.82, 2.24) is 5.32 Å². The summed E-state index contributed by atoms with van der Waals surface area (Å²) in [6.07, 6.45) is 16.4. The van der Waals surface area contributed by atoms with Crippen LogP contribution >= 0.6 is 0 Å². The van der Waals surface area contributed by atoms with E-state index in [2.05, 4.69) is 5.32 Å². The van der Waals surface area contributed by atoms with Gasteiger partial charge in [-0.15, -0.1) is 0 Å². The molecule has 0 amide bonds. The first kappa shape index (κ1) is 13.6. The number of nitrogens with one attached hydrogen (secondary N) is 1. The van der Waals surface area contributed by atoms with E-state index < -0.39 is 0 Å². The Morgan fingerprint density at radius 2 is 1.65 bits per heavy atom. The van der Waals surface area contributed by atoms with Crippen LogP contribution < -0.4 is 5.32 Å². The summed E-state index contributed by atoms with van der Waals surface area (Å²) in [7, 11) is 0. The quantitative estimate of drug-likeness (QED) is 0.770. The maximum atomic E-state index is 6.30. The molecule has 2 nitrogen and oxygen atoms in total. The molecule has 2 heteroatoms. The van der Waals surface area contributed by atoms with Crippen LogP contribution in [-0.2, 0) is 4.74 Å². The fourth-order valence-corrected chi connectivity index (χ4v) is 4.93. The minimum atomic E-state index is 0.494. The lowest BCUT2D eigenvalue weighted by Gasteiger charge is -2.42. The highest BCUT2D eigenvalue weighted by Crippen LogP contribution is 2.54. The van der Waals surface area contributed by atoms with Gasteiger partial charge < -0.3 is 10.1 Å². The number of hydrogen-bond donors (Lipinski definition) is 1. The molecule has 4 fully saturated rings. The average molecular weight is 277 g/mol. The van der Waals surface area contributed by atoms with Crippen LogP contribution in [0.25, 0.3) is 0 Å². The molecule has 2 unspecified atom stereocenters. The molecule has 1 N–H and O–H groups in total. The molecule has 114 valence electrons. The van der Waals surface area contributed by atoms with E-state index in [1.54, 1.807) is 0 Å². The van der Waals surface area contributed by atoms with Gasteiger partial charge in [0.15, 0.2) is 0 Å². The largest absolute Gasteiger partial charge is 0.377 e. The molecule has 4 rings (SSSR count). The Labute approximate surface area is 124 Å². The molecule has 0 spiro atoms. The second kappa shape index (κ2) is 5.61. The summed E-state index contributed by atoms with van der Waals surface area (Å²) in [5.41, 5.74) is 0.494. The molecule has 2 atom stereocenters. The van der Waals surface area contributed by atoms with E-state index in [9.17, 15) is 0 Å². The van der Waals surface area contributed by atoms with Gasteiger partial charge >= 0.3 is 0 Å². The second-order valence-electron chi connectivity index (χ2n) is 7.96. The van der Waals surface area contributed by atoms with Gasteiger partial charge in [0.2, 0.25) is 0 Å². The highest BCUT2D eigenvalue weighted by molar-refractivity contribution is 5.04. The maximum absolute atomic E-state index is 6.30. The van der Waals surface area contributed by atoms with Gasteiger partial charge in [-0.1, -0.05) is 25.7 Å². The van der Waals surface area contributed by atoms with Crippen LogP contribution in [0.1, 0.15) is 70.6 Å². The number of rotatable bonds is 5. The second-order valence-corrected chi connectivity index (χ2v) is 7.96. The molecule has 3 saturated carbocycles. The molecule has 1 heterocycles. The van der Waals surface area contributed by atoms with Crippen molar-refractivity contribution in [3.05, 3.63) is 0 Å².